The van der Waals surface area contributed by atoms with Gasteiger partial charge in [0, 0.05) is 19.8 Å². The van der Waals surface area contributed by atoms with Crippen LogP contribution in [0.1, 0.15) is 21.6 Å². The van der Waals surface area contributed by atoms with Gasteiger partial charge in [-0.2, -0.15) is 5.26 Å². The van der Waals surface area contributed by atoms with Gasteiger partial charge in [-0.05, 0) is 17.7 Å². The summed E-state index contributed by atoms with van der Waals surface area (Å²) in [5.41, 5.74) is 1.78. The minimum Gasteiger partial charge on any atom is -0.336 e. The second kappa shape index (κ2) is 5.78. The van der Waals surface area contributed by atoms with Crippen molar-refractivity contribution in [3.8, 4) is 6.07 Å². The number of pyridine rings is 1. The van der Waals surface area contributed by atoms with Crippen LogP contribution in [0.2, 0.25) is 0 Å². The van der Waals surface area contributed by atoms with E-state index in [0.717, 1.165) is 5.56 Å². The molecule has 1 aromatic carbocycles. The number of rotatable bonds is 3. The number of benzene rings is 1. The summed E-state index contributed by atoms with van der Waals surface area (Å²) in [5, 5.41) is 8.81. The fourth-order valence-corrected chi connectivity index (χ4v) is 1.74. The molecule has 0 saturated heterocycles. The molecule has 0 aliphatic rings. The van der Waals surface area contributed by atoms with E-state index in [2.05, 4.69) is 4.98 Å². The molecule has 94 valence electrons. The first-order chi connectivity index (χ1) is 9.20. The van der Waals surface area contributed by atoms with Gasteiger partial charge in [0.15, 0.2) is 0 Å². The lowest BCUT2D eigenvalue weighted by molar-refractivity contribution is 0.0779. The van der Waals surface area contributed by atoms with E-state index < -0.39 is 0 Å². The van der Waals surface area contributed by atoms with Crippen molar-refractivity contribution < 1.29 is 4.79 Å². The molecular weight excluding hydrogens is 238 g/mol. The molecule has 1 aromatic heterocycles. The van der Waals surface area contributed by atoms with Gasteiger partial charge in [0.1, 0.15) is 5.69 Å². The molecule has 0 atom stereocenters. The Morgan fingerprint density at radius 1 is 1.32 bits per heavy atom. The summed E-state index contributed by atoms with van der Waals surface area (Å²) in [4.78, 5) is 17.8. The summed E-state index contributed by atoms with van der Waals surface area (Å²) in [5.74, 6) is -0.194. The predicted octanol–water partition coefficient (Wildman–Crippen LogP) is 2.23. The first-order valence-corrected chi connectivity index (χ1v) is 5.86. The number of nitriles is 1. The molecule has 0 bridgehead atoms. The van der Waals surface area contributed by atoms with Gasteiger partial charge in [-0.15, -0.1) is 0 Å². The van der Waals surface area contributed by atoms with E-state index in [9.17, 15) is 4.79 Å². The van der Waals surface area contributed by atoms with E-state index in [4.69, 9.17) is 5.26 Å². The quantitative estimate of drug-likeness (QED) is 0.840. The highest BCUT2D eigenvalue weighted by molar-refractivity contribution is 5.92. The van der Waals surface area contributed by atoms with Crippen molar-refractivity contribution in [1.82, 2.24) is 9.88 Å². The highest BCUT2D eigenvalue weighted by atomic mass is 16.2. The normalized spacial score (nSPS) is 9.68. The van der Waals surface area contributed by atoms with Gasteiger partial charge in [0.05, 0.1) is 11.6 Å². The predicted molar refractivity (Wildman–Crippen MR) is 71.2 cm³/mol. The summed E-state index contributed by atoms with van der Waals surface area (Å²) in [6.45, 7) is 0.512. The molecule has 0 fully saturated rings. The molecule has 1 amide bonds. The Kier molecular flexibility index (Phi) is 3.89. The first kappa shape index (κ1) is 12.8. The first-order valence-electron chi connectivity index (χ1n) is 5.86. The number of hydrogen-bond donors (Lipinski definition) is 0. The van der Waals surface area contributed by atoms with E-state index >= 15 is 0 Å². The Bertz CT molecular complexity index is 617. The number of amides is 1. The topological polar surface area (TPSA) is 57.0 Å². The molecule has 2 aromatic rings. The molecule has 0 unspecified atom stereocenters. The van der Waals surface area contributed by atoms with Crippen molar-refractivity contribution in [1.29, 1.82) is 5.26 Å². The molecule has 1 heterocycles. The Morgan fingerprint density at radius 2 is 2.05 bits per heavy atom. The molecule has 2 rings (SSSR count). The highest BCUT2D eigenvalue weighted by Crippen LogP contribution is 2.08. The number of aromatic nitrogens is 1. The summed E-state index contributed by atoms with van der Waals surface area (Å²) in [7, 11) is 1.72. The summed E-state index contributed by atoms with van der Waals surface area (Å²) in [6, 6.07) is 14.8. The highest BCUT2D eigenvalue weighted by Gasteiger charge is 2.13. The molecule has 0 radical (unpaired) electrons. The maximum absolute atomic E-state index is 12.2. The van der Waals surface area contributed by atoms with E-state index in [1.807, 2.05) is 36.4 Å². The third-order valence-electron chi connectivity index (χ3n) is 2.72. The lowest BCUT2D eigenvalue weighted by Gasteiger charge is -2.16. The van der Waals surface area contributed by atoms with Crippen molar-refractivity contribution in [2.75, 3.05) is 7.05 Å². The van der Waals surface area contributed by atoms with Crippen molar-refractivity contribution in [3.63, 3.8) is 0 Å². The minimum atomic E-state index is -0.194. The standard InChI is InChI=1S/C15H13N3O/c1-18(11-12-5-3-2-4-6-12)15(19)14-9-13(10-16)7-8-17-14/h2-9H,11H2,1H3. The van der Waals surface area contributed by atoms with E-state index in [0.29, 0.717) is 12.1 Å². The van der Waals surface area contributed by atoms with Crippen LogP contribution in [-0.2, 0) is 6.54 Å². The van der Waals surface area contributed by atoms with Crippen LogP contribution in [0.5, 0.6) is 0 Å². The minimum absolute atomic E-state index is 0.194. The second-order valence-corrected chi connectivity index (χ2v) is 4.19. The summed E-state index contributed by atoms with van der Waals surface area (Å²) in [6.07, 6.45) is 1.47. The summed E-state index contributed by atoms with van der Waals surface area (Å²) < 4.78 is 0. The largest absolute Gasteiger partial charge is 0.336 e. The molecule has 0 spiro atoms. The van der Waals surface area contributed by atoms with Gasteiger partial charge < -0.3 is 4.90 Å². The molecule has 4 nitrogen and oxygen atoms in total. The van der Waals surface area contributed by atoms with Crippen LogP contribution in [-0.4, -0.2) is 22.8 Å². The van der Waals surface area contributed by atoms with Crippen LogP contribution in [0.3, 0.4) is 0 Å². The molecular formula is C15H13N3O. The average molecular weight is 251 g/mol. The van der Waals surface area contributed by atoms with Crippen molar-refractivity contribution in [2.45, 2.75) is 6.54 Å². The van der Waals surface area contributed by atoms with Crippen LogP contribution in [0, 0.1) is 11.3 Å². The van der Waals surface area contributed by atoms with Crippen molar-refractivity contribution >= 4 is 5.91 Å². The van der Waals surface area contributed by atoms with Crippen molar-refractivity contribution in [3.05, 3.63) is 65.5 Å². The van der Waals surface area contributed by atoms with Crippen LogP contribution < -0.4 is 0 Å². The Morgan fingerprint density at radius 3 is 2.74 bits per heavy atom. The Balaban J connectivity index is 2.13. The number of carbonyl (C=O) groups is 1. The molecule has 0 N–H and O–H groups in total. The average Bonchev–Trinajstić information content (AvgIpc) is 2.47. The van der Waals surface area contributed by atoms with Gasteiger partial charge in [0.25, 0.3) is 5.91 Å². The van der Waals surface area contributed by atoms with Gasteiger partial charge in [-0.3, -0.25) is 9.78 Å². The van der Waals surface area contributed by atoms with E-state index in [1.54, 1.807) is 18.0 Å². The number of carbonyl (C=O) groups excluding carboxylic acids is 1. The van der Waals surface area contributed by atoms with Crippen LogP contribution in [0.25, 0.3) is 0 Å². The SMILES string of the molecule is CN(Cc1ccccc1)C(=O)c1cc(C#N)ccn1. The van der Waals surface area contributed by atoms with E-state index in [-0.39, 0.29) is 11.6 Å². The summed E-state index contributed by atoms with van der Waals surface area (Å²) >= 11 is 0. The molecule has 0 aliphatic carbocycles. The zero-order valence-electron chi connectivity index (χ0n) is 10.6. The van der Waals surface area contributed by atoms with Crippen LogP contribution in [0.15, 0.2) is 48.7 Å². The Hall–Kier alpha value is -2.67. The fraction of sp³-hybridized carbons (Fsp3) is 0.133. The lowest BCUT2D eigenvalue weighted by atomic mass is 10.2. The van der Waals surface area contributed by atoms with Gasteiger partial charge >= 0.3 is 0 Å². The fourth-order valence-electron chi connectivity index (χ4n) is 1.74. The number of hydrogen-bond acceptors (Lipinski definition) is 3. The third kappa shape index (κ3) is 3.17. The maximum Gasteiger partial charge on any atom is 0.272 e. The maximum atomic E-state index is 12.2. The van der Waals surface area contributed by atoms with Gasteiger partial charge in [0.2, 0.25) is 0 Å². The molecule has 0 saturated carbocycles. The van der Waals surface area contributed by atoms with Crippen LogP contribution in [0.4, 0.5) is 0 Å². The molecule has 4 heteroatoms. The van der Waals surface area contributed by atoms with Gasteiger partial charge in [-0.1, -0.05) is 30.3 Å². The van der Waals surface area contributed by atoms with Gasteiger partial charge in [-0.25, -0.2) is 0 Å². The van der Waals surface area contributed by atoms with Crippen molar-refractivity contribution in [2.24, 2.45) is 0 Å². The zero-order valence-corrected chi connectivity index (χ0v) is 10.6. The lowest BCUT2D eigenvalue weighted by Crippen LogP contribution is -2.27. The smallest absolute Gasteiger partial charge is 0.272 e. The zero-order chi connectivity index (χ0) is 13.7. The molecule has 19 heavy (non-hydrogen) atoms. The second-order valence-electron chi connectivity index (χ2n) is 4.19. The number of nitrogens with zero attached hydrogens (tertiary/aromatic N) is 3. The third-order valence-corrected chi connectivity index (χ3v) is 2.72. The van der Waals surface area contributed by atoms with E-state index in [1.165, 1.54) is 12.3 Å². The monoisotopic (exact) mass is 251 g/mol. The molecule has 0 aliphatic heterocycles. The van der Waals surface area contributed by atoms with Crippen LogP contribution >= 0.6 is 0 Å². The Labute approximate surface area is 111 Å².